The zero-order valence-electron chi connectivity index (χ0n) is 10.8. The molecule has 1 heterocycles. The second-order valence-electron chi connectivity index (χ2n) is 5.11. The summed E-state index contributed by atoms with van der Waals surface area (Å²) in [5, 5.41) is 3.62. The molecule has 2 nitrogen and oxygen atoms in total. The van der Waals surface area contributed by atoms with Gasteiger partial charge in [0, 0.05) is 27.3 Å². The molecule has 0 radical (unpaired) electrons. The highest BCUT2D eigenvalue weighted by Gasteiger charge is 2.31. The summed E-state index contributed by atoms with van der Waals surface area (Å²) in [6.45, 7) is 5.24. The van der Waals surface area contributed by atoms with Crippen LogP contribution in [0.5, 0.6) is 0 Å². The summed E-state index contributed by atoms with van der Waals surface area (Å²) in [7, 11) is 0. The molecule has 1 aromatic carbocycles. The Morgan fingerprint density at radius 2 is 2.22 bits per heavy atom. The molecule has 1 aliphatic heterocycles. The van der Waals surface area contributed by atoms with Crippen molar-refractivity contribution in [3.05, 3.63) is 27.1 Å². The summed E-state index contributed by atoms with van der Waals surface area (Å²) in [6, 6.07) is 6.69. The van der Waals surface area contributed by atoms with Crippen LogP contribution in [0.25, 0.3) is 0 Å². The number of nitrogens with one attached hydrogen (secondary N) is 1. The molecule has 1 fully saturated rings. The Kier molecular flexibility index (Phi) is 4.73. The molecular formula is C14H19Br2NO. The fourth-order valence-corrected chi connectivity index (χ4v) is 3.05. The third kappa shape index (κ3) is 3.49. The van der Waals surface area contributed by atoms with Crippen molar-refractivity contribution in [3.8, 4) is 0 Å². The smallest absolute Gasteiger partial charge is 0.0671 e. The first-order chi connectivity index (χ1) is 8.52. The maximum absolute atomic E-state index is 5.88. The first-order valence-corrected chi connectivity index (χ1v) is 7.96. The van der Waals surface area contributed by atoms with Crippen LogP contribution >= 0.6 is 31.9 Å². The van der Waals surface area contributed by atoms with Gasteiger partial charge in [-0.15, -0.1) is 0 Å². The van der Waals surface area contributed by atoms with E-state index in [-0.39, 0.29) is 5.60 Å². The summed E-state index contributed by atoms with van der Waals surface area (Å²) in [4.78, 5) is 0. The van der Waals surface area contributed by atoms with Gasteiger partial charge in [0.05, 0.1) is 5.60 Å². The Balaban J connectivity index is 2.07. The standard InChI is InChI=1S/C14H19Br2NO/c1-3-14(2)9-11(6-7-18-14)17-13-8-10(15)4-5-12(13)16/h4-5,8,11,17H,3,6-7,9H2,1-2H3. The molecule has 0 bridgehead atoms. The van der Waals surface area contributed by atoms with Gasteiger partial charge < -0.3 is 10.1 Å². The minimum atomic E-state index is 0.0222. The normalized spacial score (nSPS) is 28.1. The van der Waals surface area contributed by atoms with E-state index in [9.17, 15) is 0 Å². The Hall–Kier alpha value is -0.0600. The van der Waals surface area contributed by atoms with Gasteiger partial charge in [0.1, 0.15) is 0 Å². The van der Waals surface area contributed by atoms with E-state index in [4.69, 9.17) is 4.74 Å². The van der Waals surface area contributed by atoms with Crippen LogP contribution in [0, 0.1) is 0 Å². The highest BCUT2D eigenvalue weighted by atomic mass is 79.9. The molecule has 18 heavy (non-hydrogen) atoms. The van der Waals surface area contributed by atoms with Crippen LogP contribution in [0.2, 0.25) is 0 Å². The zero-order chi connectivity index (χ0) is 13.2. The molecule has 0 aliphatic carbocycles. The van der Waals surface area contributed by atoms with Crippen LogP contribution < -0.4 is 5.32 Å². The first-order valence-electron chi connectivity index (χ1n) is 6.38. The third-order valence-electron chi connectivity index (χ3n) is 3.63. The van der Waals surface area contributed by atoms with Crippen molar-refractivity contribution < 1.29 is 4.74 Å². The lowest BCUT2D eigenvalue weighted by Gasteiger charge is -2.38. The van der Waals surface area contributed by atoms with Crippen molar-refractivity contribution in [3.63, 3.8) is 0 Å². The lowest BCUT2D eigenvalue weighted by atomic mass is 9.90. The first kappa shape index (κ1) is 14.4. The number of rotatable bonds is 3. The topological polar surface area (TPSA) is 21.3 Å². The maximum Gasteiger partial charge on any atom is 0.0671 e. The van der Waals surface area contributed by atoms with E-state index in [1.165, 1.54) is 0 Å². The van der Waals surface area contributed by atoms with Gasteiger partial charge in [0.2, 0.25) is 0 Å². The van der Waals surface area contributed by atoms with E-state index in [0.717, 1.165) is 40.5 Å². The SMILES string of the molecule is CCC1(C)CC(Nc2cc(Br)ccc2Br)CCO1. The van der Waals surface area contributed by atoms with Gasteiger partial charge in [-0.1, -0.05) is 22.9 Å². The molecule has 1 N–H and O–H groups in total. The molecule has 1 saturated heterocycles. The second-order valence-corrected chi connectivity index (χ2v) is 6.88. The van der Waals surface area contributed by atoms with Gasteiger partial charge in [-0.2, -0.15) is 0 Å². The van der Waals surface area contributed by atoms with Crippen molar-refractivity contribution in [1.82, 2.24) is 0 Å². The molecule has 1 aromatic rings. The molecule has 0 amide bonds. The average molecular weight is 377 g/mol. The Morgan fingerprint density at radius 3 is 2.94 bits per heavy atom. The summed E-state index contributed by atoms with van der Waals surface area (Å²) >= 11 is 7.10. The summed E-state index contributed by atoms with van der Waals surface area (Å²) in [5.74, 6) is 0. The molecule has 2 unspecified atom stereocenters. The highest BCUT2D eigenvalue weighted by Crippen LogP contribution is 2.32. The predicted octanol–water partition coefficient (Wildman–Crippen LogP) is 4.97. The van der Waals surface area contributed by atoms with Crippen molar-refractivity contribution >= 4 is 37.5 Å². The lowest BCUT2D eigenvalue weighted by Crippen LogP contribution is -2.41. The number of ether oxygens (including phenoxy) is 1. The average Bonchev–Trinajstić information content (AvgIpc) is 2.34. The van der Waals surface area contributed by atoms with Crippen molar-refractivity contribution in [2.75, 3.05) is 11.9 Å². The summed E-state index contributed by atoms with van der Waals surface area (Å²) in [6.07, 6.45) is 3.18. The molecule has 100 valence electrons. The van der Waals surface area contributed by atoms with Crippen LogP contribution in [0.4, 0.5) is 5.69 Å². The Morgan fingerprint density at radius 1 is 1.44 bits per heavy atom. The van der Waals surface area contributed by atoms with Crippen molar-refractivity contribution in [1.29, 1.82) is 0 Å². The monoisotopic (exact) mass is 375 g/mol. The van der Waals surface area contributed by atoms with E-state index < -0.39 is 0 Å². The molecule has 0 saturated carbocycles. The predicted molar refractivity (Wildman–Crippen MR) is 83.1 cm³/mol. The minimum absolute atomic E-state index is 0.0222. The number of hydrogen-bond donors (Lipinski definition) is 1. The number of anilines is 1. The van der Waals surface area contributed by atoms with E-state index in [1.54, 1.807) is 0 Å². The van der Waals surface area contributed by atoms with Gasteiger partial charge in [-0.25, -0.2) is 0 Å². The van der Waals surface area contributed by atoms with Crippen LogP contribution in [0.1, 0.15) is 33.1 Å². The quantitative estimate of drug-likeness (QED) is 0.803. The van der Waals surface area contributed by atoms with Gasteiger partial charge in [-0.3, -0.25) is 0 Å². The Labute approximate surface area is 126 Å². The lowest BCUT2D eigenvalue weighted by molar-refractivity contribution is -0.0708. The van der Waals surface area contributed by atoms with Gasteiger partial charge >= 0.3 is 0 Å². The van der Waals surface area contributed by atoms with E-state index in [1.807, 2.05) is 6.07 Å². The largest absolute Gasteiger partial charge is 0.381 e. The van der Waals surface area contributed by atoms with Gasteiger partial charge in [-0.05, 0) is 60.3 Å². The molecular weight excluding hydrogens is 358 g/mol. The molecule has 2 atom stereocenters. The van der Waals surface area contributed by atoms with Crippen molar-refractivity contribution in [2.24, 2.45) is 0 Å². The highest BCUT2D eigenvalue weighted by molar-refractivity contribution is 9.11. The van der Waals surface area contributed by atoms with Crippen LogP contribution in [0.15, 0.2) is 27.1 Å². The molecule has 1 aliphatic rings. The van der Waals surface area contributed by atoms with Gasteiger partial charge in [0.25, 0.3) is 0 Å². The maximum atomic E-state index is 5.88. The number of hydrogen-bond acceptors (Lipinski definition) is 2. The summed E-state index contributed by atoms with van der Waals surface area (Å²) in [5.41, 5.74) is 1.17. The van der Waals surface area contributed by atoms with E-state index in [0.29, 0.717) is 6.04 Å². The zero-order valence-corrected chi connectivity index (χ0v) is 14.0. The van der Waals surface area contributed by atoms with Crippen molar-refractivity contribution in [2.45, 2.75) is 44.8 Å². The third-order valence-corrected chi connectivity index (χ3v) is 4.82. The van der Waals surface area contributed by atoms with E-state index >= 15 is 0 Å². The minimum Gasteiger partial charge on any atom is -0.381 e. The Bertz CT molecular complexity index is 424. The van der Waals surface area contributed by atoms with Crippen LogP contribution in [-0.4, -0.2) is 18.2 Å². The second kappa shape index (κ2) is 5.93. The molecule has 2 rings (SSSR count). The van der Waals surface area contributed by atoms with Gasteiger partial charge in [0.15, 0.2) is 0 Å². The molecule has 0 spiro atoms. The molecule has 0 aromatic heterocycles. The van der Waals surface area contributed by atoms with E-state index in [2.05, 4.69) is 63.2 Å². The number of halogens is 2. The van der Waals surface area contributed by atoms with Crippen LogP contribution in [0.3, 0.4) is 0 Å². The summed E-state index contributed by atoms with van der Waals surface area (Å²) < 4.78 is 8.08. The van der Waals surface area contributed by atoms with Crippen LogP contribution in [-0.2, 0) is 4.74 Å². The fourth-order valence-electron chi connectivity index (χ4n) is 2.33. The number of benzene rings is 1. The molecule has 4 heteroatoms. The fraction of sp³-hybridized carbons (Fsp3) is 0.571.